The van der Waals surface area contributed by atoms with Crippen molar-refractivity contribution in [1.82, 2.24) is 14.7 Å². The number of hydrogen-bond donors (Lipinski definition) is 1. The molecule has 0 saturated carbocycles. The van der Waals surface area contributed by atoms with Gasteiger partial charge in [-0.1, -0.05) is 11.6 Å². The number of carboxylic acid groups (broad SMARTS) is 1. The van der Waals surface area contributed by atoms with Crippen molar-refractivity contribution in [3.8, 4) is 0 Å². The van der Waals surface area contributed by atoms with Gasteiger partial charge in [-0.05, 0) is 23.6 Å². The standard InChI is InChI=1S/C16H15ClF3N3O3/c1-22-14-10(5-21-22)11-6-23(7-16(18,19)20)15(26)9(4-13(24)25)2-8(11)3-12(14)17/h3,5,9H,2,4,6-7H2,1H3,(H,24,25)/t9-/m0/s1. The van der Waals surface area contributed by atoms with E-state index >= 15 is 0 Å². The molecular weight excluding hydrogens is 375 g/mol. The maximum absolute atomic E-state index is 12.9. The molecular formula is C16H15ClF3N3O3. The Morgan fingerprint density at radius 2 is 2.15 bits per heavy atom. The largest absolute Gasteiger partial charge is 0.481 e. The minimum absolute atomic E-state index is 0.0133. The molecule has 0 spiro atoms. The van der Waals surface area contributed by atoms with Gasteiger partial charge in [-0.3, -0.25) is 14.3 Å². The number of alkyl halides is 3. The summed E-state index contributed by atoms with van der Waals surface area (Å²) >= 11 is 6.27. The number of aryl methyl sites for hydroxylation is 1. The molecule has 1 aliphatic heterocycles. The molecule has 6 nitrogen and oxygen atoms in total. The van der Waals surface area contributed by atoms with Crippen LogP contribution in [-0.4, -0.2) is 44.4 Å². The minimum Gasteiger partial charge on any atom is -0.481 e. The van der Waals surface area contributed by atoms with Gasteiger partial charge in [0.25, 0.3) is 0 Å². The molecule has 0 bridgehead atoms. The van der Waals surface area contributed by atoms with Crippen LogP contribution in [-0.2, 0) is 29.6 Å². The fraction of sp³-hybridized carbons (Fsp3) is 0.438. The molecule has 2 aromatic rings. The van der Waals surface area contributed by atoms with Gasteiger partial charge in [0.1, 0.15) is 6.54 Å². The first-order valence-electron chi connectivity index (χ1n) is 7.76. The number of aromatic nitrogens is 2. The van der Waals surface area contributed by atoms with Gasteiger partial charge in [0, 0.05) is 19.0 Å². The van der Waals surface area contributed by atoms with Crippen LogP contribution >= 0.6 is 11.6 Å². The van der Waals surface area contributed by atoms with E-state index in [1.54, 1.807) is 13.1 Å². The number of nitrogens with zero attached hydrogens (tertiary/aromatic N) is 3. The Hall–Kier alpha value is -2.29. The molecule has 1 aliphatic rings. The molecule has 1 amide bonds. The van der Waals surface area contributed by atoms with E-state index in [0.29, 0.717) is 32.0 Å². The molecule has 1 aromatic carbocycles. The van der Waals surface area contributed by atoms with Crippen LogP contribution in [0.2, 0.25) is 5.02 Å². The number of amides is 1. The molecule has 0 unspecified atom stereocenters. The highest BCUT2D eigenvalue weighted by Crippen LogP contribution is 2.35. The summed E-state index contributed by atoms with van der Waals surface area (Å²) < 4.78 is 40.3. The third-order valence-electron chi connectivity index (χ3n) is 4.45. The number of rotatable bonds is 3. The zero-order valence-electron chi connectivity index (χ0n) is 13.7. The van der Waals surface area contributed by atoms with Crippen LogP contribution in [0.3, 0.4) is 0 Å². The van der Waals surface area contributed by atoms with Gasteiger partial charge >= 0.3 is 12.1 Å². The van der Waals surface area contributed by atoms with Crippen LogP contribution in [0.4, 0.5) is 13.2 Å². The van der Waals surface area contributed by atoms with Gasteiger partial charge in [-0.25, -0.2) is 0 Å². The van der Waals surface area contributed by atoms with E-state index in [1.165, 1.54) is 10.9 Å². The summed E-state index contributed by atoms with van der Waals surface area (Å²) in [6.07, 6.45) is -3.63. The number of carboxylic acids is 1. The third kappa shape index (κ3) is 3.48. The van der Waals surface area contributed by atoms with Crippen molar-refractivity contribution in [2.45, 2.75) is 25.6 Å². The highest BCUT2D eigenvalue weighted by Gasteiger charge is 2.39. The lowest BCUT2D eigenvalue weighted by Crippen LogP contribution is -2.41. The quantitative estimate of drug-likeness (QED) is 0.875. The summed E-state index contributed by atoms with van der Waals surface area (Å²) in [4.78, 5) is 24.3. The van der Waals surface area contributed by atoms with Gasteiger partial charge in [0.2, 0.25) is 5.91 Å². The zero-order chi connectivity index (χ0) is 19.2. The Kier molecular flexibility index (Phi) is 4.60. The fourth-order valence-electron chi connectivity index (χ4n) is 3.39. The molecule has 1 N–H and O–H groups in total. The van der Waals surface area contributed by atoms with E-state index in [-0.39, 0.29) is 13.0 Å². The van der Waals surface area contributed by atoms with E-state index < -0.39 is 36.9 Å². The third-order valence-corrected chi connectivity index (χ3v) is 4.73. The van der Waals surface area contributed by atoms with Crippen LogP contribution in [0.15, 0.2) is 12.3 Å². The number of halogens is 4. The van der Waals surface area contributed by atoms with E-state index in [9.17, 15) is 22.8 Å². The van der Waals surface area contributed by atoms with E-state index in [1.807, 2.05) is 0 Å². The first kappa shape index (κ1) is 18.5. The van der Waals surface area contributed by atoms with Crippen LogP contribution in [0, 0.1) is 5.92 Å². The van der Waals surface area contributed by atoms with Crippen molar-refractivity contribution in [3.05, 3.63) is 28.4 Å². The molecule has 0 fully saturated rings. The lowest BCUT2D eigenvalue weighted by Gasteiger charge is -2.25. The number of aliphatic carboxylic acids is 1. The molecule has 0 aliphatic carbocycles. The highest BCUT2D eigenvalue weighted by atomic mass is 35.5. The number of hydrogen-bond acceptors (Lipinski definition) is 3. The highest BCUT2D eigenvalue weighted by molar-refractivity contribution is 6.35. The predicted octanol–water partition coefficient (Wildman–Crippen LogP) is 2.76. The minimum atomic E-state index is -4.59. The van der Waals surface area contributed by atoms with Crippen LogP contribution in [0.25, 0.3) is 10.9 Å². The average molecular weight is 390 g/mol. The average Bonchev–Trinajstić information content (AvgIpc) is 2.84. The van der Waals surface area contributed by atoms with Gasteiger partial charge in [0.05, 0.1) is 29.1 Å². The summed E-state index contributed by atoms with van der Waals surface area (Å²) in [7, 11) is 1.66. The van der Waals surface area contributed by atoms with Crippen LogP contribution in [0.5, 0.6) is 0 Å². The van der Waals surface area contributed by atoms with Crippen molar-refractivity contribution in [2.24, 2.45) is 13.0 Å². The first-order valence-corrected chi connectivity index (χ1v) is 8.14. The SMILES string of the molecule is Cn1ncc2c3c(cc(Cl)c21)C[C@@H](CC(=O)O)C(=O)N(CC(F)(F)F)C3. The monoisotopic (exact) mass is 389 g/mol. The predicted molar refractivity (Wildman–Crippen MR) is 86.6 cm³/mol. The molecule has 1 atom stereocenters. The van der Waals surface area contributed by atoms with E-state index in [4.69, 9.17) is 16.7 Å². The summed E-state index contributed by atoms with van der Waals surface area (Å²) in [5.74, 6) is -3.15. The zero-order valence-corrected chi connectivity index (χ0v) is 14.4. The van der Waals surface area contributed by atoms with Crippen molar-refractivity contribution in [2.75, 3.05) is 6.54 Å². The van der Waals surface area contributed by atoms with Gasteiger partial charge in [-0.2, -0.15) is 18.3 Å². The summed E-state index contributed by atoms with van der Waals surface area (Å²) in [5, 5.41) is 14.0. The van der Waals surface area contributed by atoms with E-state index in [0.717, 1.165) is 0 Å². The second-order valence-corrected chi connectivity index (χ2v) is 6.74. The number of carbonyl (C=O) groups excluding carboxylic acids is 1. The maximum atomic E-state index is 12.9. The Morgan fingerprint density at radius 1 is 1.46 bits per heavy atom. The van der Waals surface area contributed by atoms with Crippen LogP contribution < -0.4 is 0 Å². The Morgan fingerprint density at radius 3 is 2.77 bits per heavy atom. The second kappa shape index (κ2) is 6.46. The van der Waals surface area contributed by atoms with Gasteiger partial charge < -0.3 is 10.0 Å². The van der Waals surface area contributed by atoms with Crippen molar-refractivity contribution in [1.29, 1.82) is 0 Å². The van der Waals surface area contributed by atoms with Gasteiger partial charge in [-0.15, -0.1) is 0 Å². The Labute approximate surface area is 151 Å². The van der Waals surface area contributed by atoms with Crippen molar-refractivity contribution >= 4 is 34.4 Å². The summed E-state index contributed by atoms with van der Waals surface area (Å²) in [6.45, 7) is -1.71. The normalized spacial score (nSPS) is 18.1. The number of benzene rings is 1. The Balaban J connectivity index is 2.14. The molecule has 0 saturated heterocycles. The smallest absolute Gasteiger partial charge is 0.406 e. The molecule has 26 heavy (non-hydrogen) atoms. The summed E-state index contributed by atoms with van der Waals surface area (Å²) in [6, 6.07) is 1.58. The van der Waals surface area contributed by atoms with E-state index in [2.05, 4.69) is 5.10 Å². The molecule has 10 heteroatoms. The molecule has 0 radical (unpaired) electrons. The van der Waals surface area contributed by atoms with Crippen LogP contribution in [0.1, 0.15) is 17.5 Å². The lowest BCUT2D eigenvalue weighted by molar-refractivity contribution is -0.165. The fourth-order valence-corrected chi connectivity index (χ4v) is 3.75. The number of carbonyl (C=O) groups is 2. The molecule has 2 heterocycles. The van der Waals surface area contributed by atoms with Gasteiger partial charge in [0.15, 0.2) is 0 Å². The molecule has 1 aromatic heterocycles. The molecule has 140 valence electrons. The summed E-state index contributed by atoms with van der Waals surface area (Å²) in [5.41, 5.74) is 1.64. The molecule has 3 rings (SSSR count). The Bertz CT molecular complexity index is 894. The second-order valence-electron chi connectivity index (χ2n) is 6.33. The topological polar surface area (TPSA) is 75.4 Å². The lowest BCUT2D eigenvalue weighted by atomic mass is 9.93. The first-order chi connectivity index (χ1) is 12.1. The number of fused-ring (bicyclic) bond motifs is 3. The maximum Gasteiger partial charge on any atom is 0.406 e. The van der Waals surface area contributed by atoms with Crippen molar-refractivity contribution in [3.63, 3.8) is 0 Å². The van der Waals surface area contributed by atoms with Crippen molar-refractivity contribution < 1.29 is 27.9 Å².